The molecule has 2 N–H and O–H groups in total. The quantitative estimate of drug-likeness (QED) is 0.822. The number of anilines is 3. The number of nitrogens with zero attached hydrogens (tertiary/aromatic N) is 4. The fourth-order valence-electron chi connectivity index (χ4n) is 2.37. The summed E-state index contributed by atoms with van der Waals surface area (Å²) in [5, 5.41) is 0. The van der Waals surface area contributed by atoms with Crippen LogP contribution in [0.5, 0.6) is 0 Å². The summed E-state index contributed by atoms with van der Waals surface area (Å²) in [5.41, 5.74) is 7.84. The highest BCUT2D eigenvalue weighted by Crippen LogP contribution is 2.20. The van der Waals surface area contributed by atoms with Crippen molar-refractivity contribution in [3.05, 3.63) is 42.9 Å². The van der Waals surface area contributed by atoms with E-state index >= 15 is 0 Å². The zero-order valence-corrected chi connectivity index (χ0v) is 10.7. The molecule has 5 nitrogen and oxygen atoms in total. The predicted octanol–water partition coefficient (Wildman–Crippen LogP) is 1.39. The number of nitrogen functional groups attached to an aromatic ring is 1. The molecule has 1 fully saturated rings. The van der Waals surface area contributed by atoms with Crippen molar-refractivity contribution in [1.29, 1.82) is 0 Å². The fraction of sp³-hybridized carbons (Fsp3) is 0.286. The van der Waals surface area contributed by atoms with Crippen LogP contribution in [-0.2, 0) is 0 Å². The maximum atomic E-state index is 5.83. The Hall–Kier alpha value is -2.30. The molecule has 5 heteroatoms. The number of piperazine rings is 1. The van der Waals surface area contributed by atoms with Crippen LogP contribution in [0, 0.1) is 0 Å². The SMILES string of the molecule is Nc1cccc(N2CCN(c3cnccn3)CC2)c1. The Morgan fingerprint density at radius 3 is 2.47 bits per heavy atom. The first-order valence-electron chi connectivity index (χ1n) is 6.44. The minimum atomic E-state index is 0.814. The molecule has 1 saturated heterocycles. The van der Waals surface area contributed by atoms with E-state index in [2.05, 4.69) is 25.8 Å². The van der Waals surface area contributed by atoms with Crippen LogP contribution in [0.25, 0.3) is 0 Å². The van der Waals surface area contributed by atoms with Gasteiger partial charge in [0.2, 0.25) is 0 Å². The van der Waals surface area contributed by atoms with E-state index in [1.807, 2.05) is 24.4 Å². The van der Waals surface area contributed by atoms with Gasteiger partial charge in [-0.15, -0.1) is 0 Å². The van der Waals surface area contributed by atoms with E-state index in [1.54, 1.807) is 12.4 Å². The van der Waals surface area contributed by atoms with Crippen molar-refractivity contribution in [1.82, 2.24) is 9.97 Å². The average molecular weight is 255 g/mol. The molecule has 98 valence electrons. The predicted molar refractivity (Wildman–Crippen MR) is 77.3 cm³/mol. The molecule has 19 heavy (non-hydrogen) atoms. The number of hydrogen-bond acceptors (Lipinski definition) is 5. The number of aromatic nitrogens is 2. The van der Waals surface area contributed by atoms with Gasteiger partial charge in [-0.25, -0.2) is 4.98 Å². The van der Waals surface area contributed by atoms with Crippen LogP contribution in [0.2, 0.25) is 0 Å². The second-order valence-electron chi connectivity index (χ2n) is 4.63. The van der Waals surface area contributed by atoms with E-state index in [4.69, 9.17) is 5.73 Å². The van der Waals surface area contributed by atoms with Gasteiger partial charge >= 0.3 is 0 Å². The molecule has 0 bridgehead atoms. The maximum absolute atomic E-state index is 5.83. The van der Waals surface area contributed by atoms with Crippen molar-refractivity contribution < 1.29 is 0 Å². The lowest BCUT2D eigenvalue weighted by molar-refractivity contribution is 0.646. The monoisotopic (exact) mass is 255 g/mol. The van der Waals surface area contributed by atoms with Gasteiger partial charge in [-0.05, 0) is 18.2 Å². The van der Waals surface area contributed by atoms with Crippen LogP contribution < -0.4 is 15.5 Å². The third kappa shape index (κ3) is 2.59. The van der Waals surface area contributed by atoms with Crippen molar-refractivity contribution in [2.24, 2.45) is 0 Å². The van der Waals surface area contributed by atoms with E-state index in [1.165, 1.54) is 5.69 Å². The lowest BCUT2D eigenvalue weighted by Gasteiger charge is -2.36. The van der Waals surface area contributed by atoms with E-state index in [-0.39, 0.29) is 0 Å². The van der Waals surface area contributed by atoms with E-state index in [9.17, 15) is 0 Å². The molecule has 1 aromatic heterocycles. The third-order valence-electron chi connectivity index (χ3n) is 3.39. The van der Waals surface area contributed by atoms with Crippen molar-refractivity contribution in [2.45, 2.75) is 0 Å². The molecule has 0 aliphatic carbocycles. The van der Waals surface area contributed by atoms with E-state index in [0.29, 0.717) is 0 Å². The number of nitrogens with two attached hydrogens (primary N) is 1. The van der Waals surface area contributed by atoms with Gasteiger partial charge in [-0.1, -0.05) is 6.07 Å². The first-order valence-corrected chi connectivity index (χ1v) is 6.44. The summed E-state index contributed by atoms with van der Waals surface area (Å²) in [6.45, 7) is 3.85. The molecule has 0 atom stereocenters. The van der Waals surface area contributed by atoms with Crippen molar-refractivity contribution in [3.63, 3.8) is 0 Å². The fourth-order valence-corrected chi connectivity index (χ4v) is 2.37. The van der Waals surface area contributed by atoms with Gasteiger partial charge in [0.05, 0.1) is 6.20 Å². The van der Waals surface area contributed by atoms with Crippen LogP contribution in [0.15, 0.2) is 42.9 Å². The van der Waals surface area contributed by atoms with Gasteiger partial charge in [0, 0.05) is 49.9 Å². The van der Waals surface area contributed by atoms with Crippen molar-refractivity contribution >= 4 is 17.2 Å². The lowest BCUT2D eigenvalue weighted by atomic mass is 10.2. The van der Waals surface area contributed by atoms with Crippen LogP contribution in [0.1, 0.15) is 0 Å². The highest BCUT2D eigenvalue weighted by atomic mass is 15.3. The van der Waals surface area contributed by atoms with Crippen LogP contribution in [0.3, 0.4) is 0 Å². The number of rotatable bonds is 2. The largest absolute Gasteiger partial charge is 0.399 e. The topological polar surface area (TPSA) is 58.3 Å². The molecule has 0 spiro atoms. The summed E-state index contributed by atoms with van der Waals surface area (Å²) >= 11 is 0. The second kappa shape index (κ2) is 5.14. The zero-order chi connectivity index (χ0) is 13.1. The Bertz CT molecular complexity index is 535. The minimum Gasteiger partial charge on any atom is -0.399 e. The van der Waals surface area contributed by atoms with Gasteiger partial charge < -0.3 is 15.5 Å². The molecule has 0 saturated carbocycles. The highest BCUT2D eigenvalue weighted by Gasteiger charge is 2.18. The molecule has 2 heterocycles. The molecule has 0 amide bonds. The third-order valence-corrected chi connectivity index (χ3v) is 3.39. The molecule has 3 rings (SSSR count). The number of benzene rings is 1. The molecule has 1 aromatic carbocycles. The van der Waals surface area contributed by atoms with Crippen molar-refractivity contribution in [2.75, 3.05) is 41.7 Å². The first kappa shape index (κ1) is 11.8. The molecule has 0 unspecified atom stereocenters. The summed E-state index contributed by atoms with van der Waals surface area (Å²) in [6.07, 6.45) is 5.25. The van der Waals surface area contributed by atoms with Gasteiger partial charge in [-0.3, -0.25) is 4.98 Å². The second-order valence-corrected chi connectivity index (χ2v) is 4.63. The molecular formula is C14H17N5. The van der Waals surface area contributed by atoms with Crippen molar-refractivity contribution in [3.8, 4) is 0 Å². The minimum absolute atomic E-state index is 0.814. The van der Waals surface area contributed by atoms with Gasteiger partial charge in [0.25, 0.3) is 0 Å². The Balaban J connectivity index is 1.67. The Morgan fingerprint density at radius 1 is 1.00 bits per heavy atom. The maximum Gasteiger partial charge on any atom is 0.147 e. The Kier molecular flexibility index (Phi) is 3.18. The summed E-state index contributed by atoms with van der Waals surface area (Å²) < 4.78 is 0. The van der Waals surface area contributed by atoms with Gasteiger partial charge in [0.1, 0.15) is 5.82 Å². The molecule has 0 radical (unpaired) electrons. The Labute approximate surface area is 112 Å². The average Bonchev–Trinajstić information content (AvgIpc) is 2.48. The normalized spacial score (nSPS) is 15.6. The first-order chi connectivity index (χ1) is 9.33. The van der Waals surface area contributed by atoms with Gasteiger partial charge in [-0.2, -0.15) is 0 Å². The van der Waals surface area contributed by atoms with E-state index < -0.39 is 0 Å². The smallest absolute Gasteiger partial charge is 0.147 e. The molecular weight excluding hydrogens is 238 g/mol. The van der Waals surface area contributed by atoms with E-state index in [0.717, 1.165) is 37.7 Å². The standard InChI is InChI=1S/C14H17N5/c15-12-2-1-3-13(10-12)18-6-8-19(9-7-18)14-11-16-4-5-17-14/h1-5,10-11H,6-9,15H2. The number of hydrogen-bond donors (Lipinski definition) is 1. The summed E-state index contributed by atoms with van der Waals surface area (Å²) in [4.78, 5) is 13.1. The van der Waals surface area contributed by atoms with Gasteiger partial charge in [0.15, 0.2) is 0 Å². The van der Waals surface area contributed by atoms with Crippen LogP contribution >= 0.6 is 0 Å². The Morgan fingerprint density at radius 2 is 1.79 bits per heavy atom. The van der Waals surface area contributed by atoms with Crippen LogP contribution in [0.4, 0.5) is 17.2 Å². The molecule has 1 aliphatic heterocycles. The summed E-state index contributed by atoms with van der Waals surface area (Å²) in [7, 11) is 0. The highest BCUT2D eigenvalue weighted by molar-refractivity contribution is 5.56. The molecule has 1 aliphatic rings. The summed E-state index contributed by atoms with van der Waals surface area (Å²) in [6, 6.07) is 8.05. The lowest BCUT2D eigenvalue weighted by Crippen LogP contribution is -2.46. The zero-order valence-electron chi connectivity index (χ0n) is 10.7. The van der Waals surface area contributed by atoms with Crippen LogP contribution in [-0.4, -0.2) is 36.1 Å². The molecule has 2 aromatic rings. The summed E-state index contributed by atoms with van der Waals surface area (Å²) in [5.74, 6) is 0.953.